The summed E-state index contributed by atoms with van der Waals surface area (Å²) in [5.41, 5.74) is 1.77. The minimum atomic E-state index is -3.75. The molecule has 3 aromatic rings. The lowest BCUT2D eigenvalue weighted by atomic mass is 9.97. The first-order chi connectivity index (χ1) is 19.2. The highest BCUT2D eigenvalue weighted by molar-refractivity contribution is 7.86. The normalized spacial score (nSPS) is 17.7. The van der Waals surface area contributed by atoms with Gasteiger partial charge in [0.05, 0.1) is 34.7 Å². The molecule has 1 aromatic carbocycles. The zero-order chi connectivity index (χ0) is 28.3. The van der Waals surface area contributed by atoms with Crippen LogP contribution in [0.2, 0.25) is 5.02 Å². The third-order valence-electron chi connectivity index (χ3n) is 6.55. The molecule has 2 aromatic heterocycles. The highest BCUT2D eigenvalue weighted by Crippen LogP contribution is 2.40. The van der Waals surface area contributed by atoms with Gasteiger partial charge in [-0.3, -0.25) is 4.79 Å². The second-order valence-electron chi connectivity index (χ2n) is 9.30. The van der Waals surface area contributed by atoms with Gasteiger partial charge in [0.1, 0.15) is 5.71 Å². The molecule has 0 spiro atoms. The molecule has 11 nitrogen and oxygen atoms in total. The highest BCUT2D eigenvalue weighted by Gasteiger charge is 2.32. The molecule has 2 aliphatic heterocycles. The van der Waals surface area contributed by atoms with E-state index in [-0.39, 0.29) is 24.2 Å². The first kappa shape index (κ1) is 28.1. The Morgan fingerprint density at radius 1 is 1.20 bits per heavy atom. The van der Waals surface area contributed by atoms with Crippen LogP contribution < -0.4 is 13.7 Å². The molecule has 4 heterocycles. The van der Waals surface area contributed by atoms with Gasteiger partial charge < -0.3 is 23.4 Å². The van der Waals surface area contributed by atoms with E-state index in [2.05, 4.69) is 10.1 Å². The van der Waals surface area contributed by atoms with Crippen molar-refractivity contribution in [1.29, 1.82) is 0 Å². The molecule has 1 saturated heterocycles. The van der Waals surface area contributed by atoms with Crippen molar-refractivity contribution in [2.75, 3.05) is 33.1 Å². The molecule has 0 bridgehead atoms. The summed E-state index contributed by atoms with van der Waals surface area (Å²) >= 11 is 7.92. The second kappa shape index (κ2) is 12.0. The van der Waals surface area contributed by atoms with E-state index in [1.165, 1.54) is 13.2 Å². The molecule has 0 N–H and O–H groups in total. The Bertz CT molecular complexity index is 1520. The Hall–Kier alpha value is -3.42. The minimum Gasteiger partial charge on any atom is -0.491 e. The van der Waals surface area contributed by atoms with Crippen LogP contribution in [0.3, 0.4) is 0 Å². The van der Waals surface area contributed by atoms with Crippen molar-refractivity contribution in [3.8, 4) is 17.4 Å². The van der Waals surface area contributed by atoms with Crippen LogP contribution in [-0.4, -0.2) is 68.0 Å². The number of benzene rings is 1. The van der Waals surface area contributed by atoms with Crippen LogP contribution in [0.25, 0.3) is 0 Å². The van der Waals surface area contributed by atoms with Crippen LogP contribution in [0.4, 0.5) is 0 Å². The lowest BCUT2D eigenvalue weighted by Crippen LogP contribution is -2.40. The van der Waals surface area contributed by atoms with Gasteiger partial charge in [-0.2, -0.15) is 8.42 Å². The number of hydrogen-bond acceptors (Lipinski definition) is 11. The summed E-state index contributed by atoms with van der Waals surface area (Å²) in [6.45, 7) is 1.09. The molecule has 1 fully saturated rings. The van der Waals surface area contributed by atoms with E-state index in [1.807, 2.05) is 5.38 Å². The number of carbonyl (C=O) groups excluding carboxylic acids is 1. The minimum absolute atomic E-state index is 0.103. The van der Waals surface area contributed by atoms with Crippen molar-refractivity contribution >= 4 is 44.7 Å². The summed E-state index contributed by atoms with van der Waals surface area (Å²) in [4.78, 5) is 29.1. The van der Waals surface area contributed by atoms with Crippen LogP contribution in [0.1, 0.15) is 47.5 Å². The van der Waals surface area contributed by atoms with Gasteiger partial charge in [-0.25, -0.2) is 9.97 Å². The molecule has 0 radical (unpaired) electrons. The van der Waals surface area contributed by atoms with Crippen LogP contribution in [-0.2, 0) is 19.8 Å². The van der Waals surface area contributed by atoms with Crippen LogP contribution in [0.5, 0.6) is 17.4 Å². The van der Waals surface area contributed by atoms with E-state index in [0.717, 1.165) is 24.1 Å². The molecular weight excluding hydrogens is 580 g/mol. The third kappa shape index (κ3) is 6.48. The number of nitrogens with zero attached hydrogens (tertiary/aromatic N) is 4. The first-order valence-electron chi connectivity index (χ1n) is 12.5. The number of likely N-dealkylation sites (tertiary alicyclic amines) is 1. The average Bonchev–Trinajstić information content (AvgIpc) is 3.62. The van der Waals surface area contributed by atoms with Crippen molar-refractivity contribution in [1.82, 2.24) is 14.9 Å². The summed E-state index contributed by atoms with van der Waals surface area (Å²) in [7, 11) is -2.23. The second-order valence-corrected chi connectivity index (χ2v) is 12.2. The number of pyridine rings is 1. The molecule has 0 saturated carbocycles. The number of piperidine rings is 1. The maximum Gasteiger partial charge on any atom is 0.306 e. The molecule has 1 unspecified atom stereocenters. The quantitative estimate of drug-likeness (QED) is 0.329. The molecule has 1 atom stereocenters. The molecule has 14 heteroatoms. The number of carbonyl (C=O) groups is 1. The zero-order valence-electron chi connectivity index (χ0n) is 21.8. The first-order valence-corrected chi connectivity index (χ1v) is 15.5. The number of rotatable bonds is 9. The summed E-state index contributed by atoms with van der Waals surface area (Å²) < 4.78 is 39.3. The van der Waals surface area contributed by atoms with Gasteiger partial charge in [0.15, 0.2) is 24.2 Å². The van der Waals surface area contributed by atoms with E-state index in [4.69, 9.17) is 35.1 Å². The maximum atomic E-state index is 12.7. The van der Waals surface area contributed by atoms with Gasteiger partial charge in [-0.05, 0) is 37.1 Å². The highest BCUT2D eigenvalue weighted by atomic mass is 35.5. The lowest BCUT2D eigenvalue weighted by Gasteiger charge is -2.31. The number of oxime groups is 1. The largest absolute Gasteiger partial charge is 0.491 e. The Labute approximate surface area is 240 Å². The standard InChI is InChI=1S/C26H27ClN4O7S2/c1-35-21-7-4-10-28-25(21)36-14-23(32)31-11-8-16(9-12-31)26-29-19(15-39-26)18-13-22(37-30-18)24-17(27)5-3-6-20(24)38-40(2,33)34/h3-7,10,15-16,22H,8-9,11-14H2,1-2H3. The smallest absolute Gasteiger partial charge is 0.306 e. The number of aromatic nitrogens is 2. The van der Waals surface area contributed by atoms with E-state index < -0.39 is 16.2 Å². The number of hydrogen-bond donors (Lipinski definition) is 0. The van der Waals surface area contributed by atoms with Crippen molar-refractivity contribution in [2.45, 2.75) is 31.3 Å². The Morgan fingerprint density at radius 3 is 2.73 bits per heavy atom. The van der Waals surface area contributed by atoms with E-state index in [0.29, 0.717) is 53.1 Å². The van der Waals surface area contributed by atoms with Gasteiger partial charge in [-0.15, -0.1) is 11.3 Å². The van der Waals surface area contributed by atoms with Crippen molar-refractivity contribution < 1.29 is 31.7 Å². The van der Waals surface area contributed by atoms with Gasteiger partial charge in [0.2, 0.25) is 0 Å². The number of methoxy groups -OCH3 is 1. The summed E-state index contributed by atoms with van der Waals surface area (Å²) in [6, 6.07) is 8.25. The monoisotopic (exact) mass is 606 g/mol. The number of thiazole rings is 1. The predicted octanol–water partition coefficient (Wildman–Crippen LogP) is 4.19. The maximum absolute atomic E-state index is 12.7. The lowest BCUT2D eigenvalue weighted by molar-refractivity contribution is -0.134. The fourth-order valence-electron chi connectivity index (χ4n) is 4.59. The number of amides is 1. The van der Waals surface area contributed by atoms with Crippen molar-refractivity contribution in [3.63, 3.8) is 0 Å². The van der Waals surface area contributed by atoms with E-state index >= 15 is 0 Å². The topological polar surface area (TPSA) is 130 Å². The Balaban J connectivity index is 1.16. The van der Waals surface area contributed by atoms with Gasteiger partial charge in [0.25, 0.3) is 11.8 Å². The molecular formula is C26H27ClN4O7S2. The van der Waals surface area contributed by atoms with Crippen LogP contribution in [0, 0.1) is 0 Å². The molecule has 0 aliphatic carbocycles. The summed E-state index contributed by atoms with van der Waals surface area (Å²) in [5.74, 6) is 0.996. The van der Waals surface area contributed by atoms with Gasteiger partial charge >= 0.3 is 10.1 Å². The van der Waals surface area contributed by atoms with Crippen LogP contribution in [0.15, 0.2) is 47.1 Å². The molecule has 40 heavy (non-hydrogen) atoms. The van der Waals surface area contributed by atoms with Gasteiger partial charge in [-0.1, -0.05) is 22.8 Å². The molecule has 2 aliphatic rings. The van der Waals surface area contributed by atoms with E-state index in [1.54, 1.807) is 46.7 Å². The number of halogens is 1. The number of ether oxygens (including phenoxy) is 2. The molecule has 212 valence electrons. The van der Waals surface area contributed by atoms with E-state index in [9.17, 15) is 13.2 Å². The fraction of sp³-hybridized carbons (Fsp3) is 0.385. The fourth-order valence-corrected chi connectivity index (χ4v) is 6.35. The third-order valence-corrected chi connectivity index (χ3v) is 8.37. The summed E-state index contributed by atoms with van der Waals surface area (Å²) in [5, 5.41) is 7.45. The Kier molecular flexibility index (Phi) is 8.43. The summed E-state index contributed by atoms with van der Waals surface area (Å²) in [6.07, 6.45) is 3.88. The molecule has 5 rings (SSSR count). The zero-order valence-corrected chi connectivity index (χ0v) is 24.2. The predicted molar refractivity (Wildman–Crippen MR) is 149 cm³/mol. The Morgan fingerprint density at radius 2 is 1.98 bits per heavy atom. The van der Waals surface area contributed by atoms with Crippen molar-refractivity contribution in [3.05, 3.63) is 63.2 Å². The molecule has 1 amide bonds. The SMILES string of the molecule is COc1cccnc1OCC(=O)N1CCC(c2nc(C3=NOC(c4c(Cl)cccc4OS(C)(=O)=O)C3)cs2)CC1. The van der Waals surface area contributed by atoms with Crippen molar-refractivity contribution in [2.24, 2.45) is 5.16 Å². The van der Waals surface area contributed by atoms with Gasteiger partial charge in [0, 0.05) is 37.0 Å². The van der Waals surface area contributed by atoms with Crippen LogP contribution >= 0.6 is 22.9 Å². The average molecular weight is 607 g/mol.